The van der Waals surface area contributed by atoms with Crippen LogP contribution in [0, 0.1) is 5.92 Å². The molecule has 0 atom stereocenters. The Morgan fingerprint density at radius 2 is 1.67 bits per heavy atom. The van der Waals surface area contributed by atoms with E-state index in [-0.39, 0.29) is 30.3 Å². The average molecular weight is 386 g/mol. The van der Waals surface area contributed by atoms with E-state index in [0.29, 0.717) is 18.5 Å². The Labute approximate surface area is 156 Å². The van der Waals surface area contributed by atoms with E-state index in [1.165, 1.54) is 4.90 Å². The summed E-state index contributed by atoms with van der Waals surface area (Å²) in [5, 5.41) is 2.86. The number of hydrogen-bond donors (Lipinski definition) is 1. The second kappa shape index (κ2) is 8.19. The van der Waals surface area contributed by atoms with Crippen molar-refractivity contribution < 1.29 is 27.5 Å². The number of likely N-dealkylation sites (tertiary alicyclic amines) is 1. The predicted octanol–water partition coefficient (Wildman–Crippen LogP) is 4.33. The Balaban J connectivity index is 1.82. The van der Waals surface area contributed by atoms with Gasteiger partial charge in [-0.15, -0.1) is 0 Å². The maximum atomic E-state index is 12.4. The largest absolute Gasteiger partial charge is 0.440 e. The van der Waals surface area contributed by atoms with Crippen molar-refractivity contribution in [2.75, 3.05) is 25.0 Å². The Hall–Kier alpha value is -2.25. The van der Waals surface area contributed by atoms with Crippen molar-refractivity contribution in [2.24, 2.45) is 5.92 Å². The number of nitrogens with one attached hydrogen (secondary N) is 1. The molecule has 2 amide bonds. The molecule has 0 spiro atoms. The number of alkyl halides is 3. The van der Waals surface area contributed by atoms with Gasteiger partial charge in [-0.3, -0.25) is 4.79 Å². The monoisotopic (exact) mass is 386 g/mol. The van der Waals surface area contributed by atoms with Crippen LogP contribution < -0.4 is 5.32 Å². The lowest BCUT2D eigenvalue weighted by molar-refractivity contribution is -0.162. The molecule has 0 bridgehead atoms. The summed E-state index contributed by atoms with van der Waals surface area (Å²) in [6.45, 7) is 5.10. The summed E-state index contributed by atoms with van der Waals surface area (Å²) in [7, 11) is 0. The lowest BCUT2D eigenvalue weighted by atomic mass is 9.87. The third-order valence-corrected chi connectivity index (χ3v) is 4.50. The van der Waals surface area contributed by atoms with E-state index >= 15 is 0 Å². The van der Waals surface area contributed by atoms with Crippen LogP contribution in [0.25, 0.3) is 0 Å². The number of amides is 2. The van der Waals surface area contributed by atoms with Crippen molar-refractivity contribution >= 4 is 17.7 Å². The van der Waals surface area contributed by atoms with Crippen LogP contribution in [0.2, 0.25) is 0 Å². The molecule has 1 aromatic rings. The van der Waals surface area contributed by atoms with Gasteiger partial charge in [0, 0.05) is 24.7 Å². The highest BCUT2D eigenvalue weighted by Gasteiger charge is 2.33. The minimum atomic E-state index is -4.55. The number of benzene rings is 1. The van der Waals surface area contributed by atoms with Gasteiger partial charge in [0.25, 0.3) is 0 Å². The number of hydrogen-bond acceptors (Lipinski definition) is 3. The van der Waals surface area contributed by atoms with Gasteiger partial charge in [-0.2, -0.15) is 13.2 Å². The van der Waals surface area contributed by atoms with Crippen molar-refractivity contribution in [1.82, 2.24) is 4.90 Å². The molecule has 0 saturated carbocycles. The summed E-state index contributed by atoms with van der Waals surface area (Å²) < 4.78 is 40.5. The normalized spacial score (nSPS) is 16.1. The van der Waals surface area contributed by atoms with Crippen LogP contribution in [-0.4, -0.2) is 42.8 Å². The molecular formula is C19H25F3N2O3. The van der Waals surface area contributed by atoms with Gasteiger partial charge in [-0.05, 0) is 36.0 Å². The molecule has 0 aromatic heterocycles. The lowest BCUT2D eigenvalue weighted by Gasteiger charge is -2.30. The van der Waals surface area contributed by atoms with Crippen LogP contribution in [0.1, 0.15) is 39.2 Å². The van der Waals surface area contributed by atoms with E-state index < -0.39 is 18.9 Å². The molecule has 1 fully saturated rings. The number of ether oxygens (including phenoxy) is 1. The zero-order valence-electron chi connectivity index (χ0n) is 15.7. The van der Waals surface area contributed by atoms with Crippen molar-refractivity contribution in [3.8, 4) is 0 Å². The Kier molecular flexibility index (Phi) is 6.38. The fourth-order valence-corrected chi connectivity index (χ4v) is 2.86. The van der Waals surface area contributed by atoms with E-state index in [1.807, 2.05) is 24.3 Å². The molecule has 0 aliphatic carbocycles. The van der Waals surface area contributed by atoms with Gasteiger partial charge >= 0.3 is 12.3 Å². The molecule has 0 unspecified atom stereocenters. The second-order valence-electron chi connectivity index (χ2n) is 7.75. The van der Waals surface area contributed by atoms with Crippen molar-refractivity contribution in [1.29, 1.82) is 0 Å². The highest BCUT2D eigenvalue weighted by Crippen LogP contribution is 2.25. The van der Waals surface area contributed by atoms with E-state index in [0.717, 1.165) is 5.56 Å². The SMILES string of the molecule is CC(C)(C)c1ccc(NC(=O)C2CCN(C(=O)OCC(F)(F)F)CC2)cc1. The fourth-order valence-electron chi connectivity index (χ4n) is 2.86. The van der Waals surface area contributed by atoms with Gasteiger partial charge in [0.1, 0.15) is 0 Å². The van der Waals surface area contributed by atoms with E-state index in [2.05, 4.69) is 30.8 Å². The van der Waals surface area contributed by atoms with E-state index in [1.54, 1.807) is 0 Å². The summed E-state index contributed by atoms with van der Waals surface area (Å²) >= 11 is 0. The first-order chi connectivity index (χ1) is 12.5. The molecule has 1 aromatic carbocycles. The van der Waals surface area contributed by atoms with E-state index in [4.69, 9.17) is 0 Å². The first kappa shape index (κ1) is 21.1. The number of carbonyl (C=O) groups excluding carboxylic acids is 2. The molecule has 1 aliphatic rings. The molecular weight excluding hydrogens is 361 g/mol. The molecule has 0 radical (unpaired) electrons. The van der Waals surface area contributed by atoms with Gasteiger partial charge in [-0.25, -0.2) is 4.79 Å². The Bertz CT molecular complexity index is 658. The zero-order valence-corrected chi connectivity index (χ0v) is 15.7. The van der Waals surface area contributed by atoms with Crippen LogP contribution in [0.4, 0.5) is 23.7 Å². The van der Waals surface area contributed by atoms with Crippen LogP contribution in [-0.2, 0) is 14.9 Å². The molecule has 1 heterocycles. The number of rotatable bonds is 3. The van der Waals surface area contributed by atoms with Crippen molar-refractivity contribution in [2.45, 2.75) is 45.2 Å². The summed E-state index contributed by atoms with van der Waals surface area (Å²) in [6.07, 6.45) is -4.78. The average Bonchev–Trinajstić information content (AvgIpc) is 2.59. The topological polar surface area (TPSA) is 58.6 Å². The van der Waals surface area contributed by atoms with Gasteiger partial charge in [0.05, 0.1) is 0 Å². The second-order valence-corrected chi connectivity index (χ2v) is 7.75. The van der Waals surface area contributed by atoms with Crippen LogP contribution >= 0.6 is 0 Å². The highest BCUT2D eigenvalue weighted by atomic mass is 19.4. The summed E-state index contributed by atoms with van der Waals surface area (Å²) in [5.41, 5.74) is 1.88. The van der Waals surface area contributed by atoms with E-state index in [9.17, 15) is 22.8 Å². The van der Waals surface area contributed by atoms with Crippen LogP contribution in [0.5, 0.6) is 0 Å². The number of nitrogens with zero attached hydrogens (tertiary/aromatic N) is 1. The molecule has 2 rings (SSSR count). The zero-order chi connectivity index (χ0) is 20.2. The molecule has 27 heavy (non-hydrogen) atoms. The first-order valence-electron chi connectivity index (χ1n) is 8.85. The molecule has 5 nitrogen and oxygen atoms in total. The number of piperidine rings is 1. The summed E-state index contributed by atoms with van der Waals surface area (Å²) in [5.74, 6) is -0.444. The van der Waals surface area contributed by atoms with Gasteiger partial charge in [0.2, 0.25) is 5.91 Å². The third-order valence-electron chi connectivity index (χ3n) is 4.50. The minimum absolute atomic E-state index is 0.0239. The molecule has 1 N–H and O–H groups in total. The van der Waals surface area contributed by atoms with Crippen molar-refractivity contribution in [3.05, 3.63) is 29.8 Å². The maximum absolute atomic E-state index is 12.4. The first-order valence-corrected chi connectivity index (χ1v) is 8.85. The number of carbonyl (C=O) groups is 2. The van der Waals surface area contributed by atoms with Gasteiger partial charge < -0.3 is 15.0 Å². The predicted molar refractivity (Wildman–Crippen MR) is 95.5 cm³/mol. The number of halogens is 3. The fraction of sp³-hybridized carbons (Fsp3) is 0.579. The highest BCUT2D eigenvalue weighted by molar-refractivity contribution is 5.92. The van der Waals surface area contributed by atoms with Crippen molar-refractivity contribution in [3.63, 3.8) is 0 Å². The lowest BCUT2D eigenvalue weighted by Crippen LogP contribution is -2.42. The number of anilines is 1. The smallest absolute Gasteiger partial charge is 0.422 e. The summed E-state index contributed by atoms with van der Waals surface area (Å²) in [4.78, 5) is 25.2. The maximum Gasteiger partial charge on any atom is 0.422 e. The van der Waals surface area contributed by atoms with Crippen LogP contribution in [0.3, 0.4) is 0 Å². The van der Waals surface area contributed by atoms with Gasteiger partial charge in [0.15, 0.2) is 6.61 Å². The Morgan fingerprint density at radius 3 is 2.15 bits per heavy atom. The molecule has 8 heteroatoms. The summed E-state index contributed by atoms with van der Waals surface area (Å²) in [6, 6.07) is 7.63. The van der Waals surface area contributed by atoms with Gasteiger partial charge in [-0.1, -0.05) is 32.9 Å². The quantitative estimate of drug-likeness (QED) is 0.841. The van der Waals surface area contributed by atoms with Crippen LogP contribution in [0.15, 0.2) is 24.3 Å². The molecule has 1 aliphatic heterocycles. The standard InChI is InChI=1S/C19H25F3N2O3/c1-18(2,3)14-4-6-15(7-5-14)23-16(25)13-8-10-24(11-9-13)17(26)27-12-19(20,21)22/h4-7,13H,8-12H2,1-3H3,(H,23,25). The molecule has 150 valence electrons. The minimum Gasteiger partial charge on any atom is -0.440 e. The third kappa shape index (κ3) is 6.45. The molecule has 1 saturated heterocycles. The Morgan fingerprint density at radius 1 is 1.11 bits per heavy atom.